The minimum atomic E-state index is -2.81. The fourth-order valence-corrected chi connectivity index (χ4v) is 2.11. The molecule has 1 fully saturated rings. The zero-order valence-electron chi connectivity index (χ0n) is 6.71. The molecule has 1 heterocycles. The highest BCUT2D eigenvalue weighted by atomic mass is 32.2. The lowest BCUT2D eigenvalue weighted by atomic mass is 10.5. The summed E-state index contributed by atoms with van der Waals surface area (Å²) in [5.74, 6) is 0.332. The molecule has 1 aliphatic heterocycles. The standard InChI is InChI=1S/C6H14N2O2S/c1-2-7-3-4-8-5-6-11(8,9)10/h7H,2-6H2,1H3. The number of nitrogens with one attached hydrogen (secondary N) is 1. The van der Waals surface area contributed by atoms with E-state index < -0.39 is 10.0 Å². The Labute approximate surface area is 67.6 Å². The summed E-state index contributed by atoms with van der Waals surface area (Å²) in [5.41, 5.74) is 0. The third kappa shape index (κ3) is 2.15. The van der Waals surface area contributed by atoms with E-state index in [-0.39, 0.29) is 0 Å². The van der Waals surface area contributed by atoms with Crippen LogP contribution in [0.2, 0.25) is 0 Å². The highest BCUT2D eigenvalue weighted by molar-refractivity contribution is 7.90. The fraction of sp³-hybridized carbons (Fsp3) is 1.00. The van der Waals surface area contributed by atoms with Crippen molar-refractivity contribution < 1.29 is 8.42 Å². The first-order valence-corrected chi connectivity index (χ1v) is 5.46. The van der Waals surface area contributed by atoms with Crippen molar-refractivity contribution in [2.24, 2.45) is 0 Å². The molecule has 0 atom stereocenters. The van der Waals surface area contributed by atoms with Crippen LogP contribution in [0, 0.1) is 0 Å². The molecule has 1 N–H and O–H groups in total. The van der Waals surface area contributed by atoms with E-state index in [1.54, 1.807) is 0 Å². The van der Waals surface area contributed by atoms with Crippen molar-refractivity contribution in [2.75, 3.05) is 31.9 Å². The van der Waals surface area contributed by atoms with Crippen molar-refractivity contribution in [1.29, 1.82) is 0 Å². The van der Waals surface area contributed by atoms with Gasteiger partial charge in [-0.2, -0.15) is 4.31 Å². The smallest absolute Gasteiger partial charge is 0.215 e. The molecule has 5 heteroatoms. The van der Waals surface area contributed by atoms with Crippen LogP contribution in [-0.4, -0.2) is 44.7 Å². The number of hydrogen-bond acceptors (Lipinski definition) is 3. The van der Waals surface area contributed by atoms with Crippen LogP contribution in [0.4, 0.5) is 0 Å². The molecular formula is C6H14N2O2S. The lowest BCUT2D eigenvalue weighted by Gasteiger charge is -2.29. The van der Waals surface area contributed by atoms with Crippen LogP contribution in [0.5, 0.6) is 0 Å². The molecule has 1 aliphatic rings. The monoisotopic (exact) mass is 178 g/mol. The van der Waals surface area contributed by atoms with Gasteiger partial charge in [0.2, 0.25) is 10.0 Å². The molecule has 11 heavy (non-hydrogen) atoms. The van der Waals surface area contributed by atoms with Gasteiger partial charge in [0.25, 0.3) is 0 Å². The first-order chi connectivity index (χ1) is 5.17. The number of hydrogen-bond donors (Lipinski definition) is 1. The molecule has 0 aromatic rings. The Morgan fingerprint density at radius 1 is 1.55 bits per heavy atom. The summed E-state index contributed by atoms with van der Waals surface area (Å²) in [4.78, 5) is 0. The molecular weight excluding hydrogens is 164 g/mol. The Morgan fingerprint density at radius 3 is 2.64 bits per heavy atom. The van der Waals surface area contributed by atoms with Gasteiger partial charge in [-0.05, 0) is 6.54 Å². The molecule has 0 bridgehead atoms. The molecule has 1 saturated heterocycles. The number of nitrogens with zero attached hydrogens (tertiary/aromatic N) is 1. The normalized spacial score (nSPS) is 23.0. The van der Waals surface area contributed by atoms with Gasteiger partial charge < -0.3 is 5.32 Å². The predicted molar refractivity (Wildman–Crippen MR) is 43.9 cm³/mol. The second-order valence-electron chi connectivity index (χ2n) is 2.57. The van der Waals surface area contributed by atoms with Gasteiger partial charge >= 0.3 is 0 Å². The molecule has 0 unspecified atom stereocenters. The van der Waals surface area contributed by atoms with Gasteiger partial charge in [0, 0.05) is 19.6 Å². The maximum atomic E-state index is 10.9. The zero-order valence-corrected chi connectivity index (χ0v) is 7.52. The number of rotatable bonds is 4. The highest BCUT2D eigenvalue weighted by Gasteiger charge is 2.31. The van der Waals surface area contributed by atoms with Gasteiger partial charge in [0.05, 0.1) is 5.75 Å². The fourth-order valence-electron chi connectivity index (χ4n) is 1.00. The summed E-state index contributed by atoms with van der Waals surface area (Å²) >= 11 is 0. The van der Waals surface area contributed by atoms with Gasteiger partial charge in [-0.3, -0.25) is 0 Å². The minimum absolute atomic E-state index is 0.332. The van der Waals surface area contributed by atoms with Crippen molar-refractivity contribution in [2.45, 2.75) is 6.92 Å². The van der Waals surface area contributed by atoms with Crippen LogP contribution in [0.3, 0.4) is 0 Å². The van der Waals surface area contributed by atoms with E-state index >= 15 is 0 Å². The quantitative estimate of drug-likeness (QED) is 0.576. The Bertz CT molecular complexity index is 213. The first kappa shape index (κ1) is 8.96. The summed E-state index contributed by atoms with van der Waals surface area (Å²) < 4.78 is 23.3. The van der Waals surface area contributed by atoms with Crippen molar-refractivity contribution in [3.05, 3.63) is 0 Å². The van der Waals surface area contributed by atoms with E-state index in [0.717, 1.165) is 13.1 Å². The summed E-state index contributed by atoms with van der Waals surface area (Å²) in [6.45, 7) is 4.98. The second kappa shape index (κ2) is 3.51. The Kier molecular flexibility index (Phi) is 2.86. The van der Waals surface area contributed by atoms with Crippen LogP contribution in [0.25, 0.3) is 0 Å². The summed E-state index contributed by atoms with van der Waals surface area (Å²) in [6.07, 6.45) is 0. The number of likely N-dealkylation sites (N-methyl/N-ethyl adjacent to an activating group) is 1. The SMILES string of the molecule is CCNCCN1CCS1(=O)=O. The van der Waals surface area contributed by atoms with Crippen LogP contribution < -0.4 is 5.32 Å². The second-order valence-corrected chi connectivity index (χ2v) is 4.66. The Hall–Kier alpha value is -0.130. The van der Waals surface area contributed by atoms with E-state index in [1.165, 1.54) is 4.31 Å². The molecule has 1 rings (SSSR count). The molecule has 0 aromatic heterocycles. The van der Waals surface area contributed by atoms with Crippen molar-refractivity contribution in [1.82, 2.24) is 9.62 Å². The molecule has 0 spiro atoms. The predicted octanol–water partition coefficient (Wildman–Crippen LogP) is -0.759. The molecule has 0 aliphatic carbocycles. The van der Waals surface area contributed by atoms with E-state index in [9.17, 15) is 8.42 Å². The summed E-state index contributed by atoms with van der Waals surface area (Å²) in [5, 5.41) is 3.08. The first-order valence-electron chi connectivity index (χ1n) is 3.85. The maximum Gasteiger partial charge on any atom is 0.215 e. The van der Waals surface area contributed by atoms with E-state index in [4.69, 9.17) is 0 Å². The van der Waals surface area contributed by atoms with Gasteiger partial charge in [0.1, 0.15) is 0 Å². The summed E-state index contributed by atoms with van der Waals surface area (Å²) in [6, 6.07) is 0. The van der Waals surface area contributed by atoms with Gasteiger partial charge in [0.15, 0.2) is 0 Å². The van der Waals surface area contributed by atoms with E-state index in [0.29, 0.717) is 18.8 Å². The van der Waals surface area contributed by atoms with Crippen molar-refractivity contribution in [3.63, 3.8) is 0 Å². The molecule has 0 radical (unpaired) electrons. The Morgan fingerprint density at radius 2 is 2.27 bits per heavy atom. The molecule has 0 aromatic carbocycles. The minimum Gasteiger partial charge on any atom is -0.316 e. The van der Waals surface area contributed by atoms with E-state index in [1.807, 2.05) is 6.92 Å². The molecule has 0 amide bonds. The lowest BCUT2D eigenvalue weighted by Crippen LogP contribution is -2.49. The average Bonchev–Trinajstić information content (AvgIpc) is 1.96. The van der Waals surface area contributed by atoms with Crippen LogP contribution in [0.1, 0.15) is 6.92 Å². The van der Waals surface area contributed by atoms with Gasteiger partial charge in [-0.15, -0.1) is 0 Å². The third-order valence-electron chi connectivity index (χ3n) is 1.78. The maximum absolute atomic E-state index is 10.9. The van der Waals surface area contributed by atoms with Crippen LogP contribution in [0.15, 0.2) is 0 Å². The van der Waals surface area contributed by atoms with E-state index in [2.05, 4.69) is 5.32 Å². The molecule has 4 nitrogen and oxygen atoms in total. The number of sulfonamides is 1. The van der Waals surface area contributed by atoms with Gasteiger partial charge in [-0.1, -0.05) is 6.92 Å². The van der Waals surface area contributed by atoms with Crippen molar-refractivity contribution >= 4 is 10.0 Å². The summed E-state index contributed by atoms with van der Waals surface area (Å²) in [7, 11) is -2.81. The van der Waals surface area contributed by atoms with Crippen molar-refractivity contribution in [3.8, 4) is 0 Å². The van der Waals surface area contributed by atoms with Crippen LogP contribution >= 0.6 is 0 Å². The third-order valence-corrected chi connectivity index (χ3v) is 3.63. The average molecular weight is 178 g/mol. The highest BCUT2D eigenvalue weighted by Crippen LogP contribution is 2.10. The topological polar surface area (TPSA) is 49.4 Å². The molecule has 0 saturated carbocycles. The zero-order chi connectivity index (χ0) is 8.32. The Balaban J connectivity index is 2.19. The van der Waals surface area contributed by atoms with Gasteiger partial charge in [-0.25, -0.2) is 8.42 Å². The molecule has 66 valence electrons. The largest absolute Gasteiger partial charge is 0.316 e. The lowest BCUT2D eigenvalue weighted by molar-refractivity contribution is 0.381. The van der Waals surface area contributed by atoms with Crippen LogP contribution in [-0.2, 0) is 10.0 Å².